The molecule has 0 radical (unpaired) electrons. The van der Waals surface area contributed by atoms with E-state index in [1.54, 1.807) is 17.0 Å². The van der Waals surface area contributed by atoms with Gasteiger partial charge in [-0.15, -0.1) is 0 Å². The SMILES string of the molecule is O=C(Nc1ccc2c3c(cccc13)CC2)C1Cc2ccccc2CN1C(=O)c1ccco1. The van der Waals surface area contributed by atoms with Crippen molar-refractivity contribution in [3.05, 3.63) is 101 Å². The number of rotatable bonds is 3. The molecule has 3 aromatic carbocycles. The monoisotopic (exact) mass is 422 g/mol. The van der Waals surface area contributed by atoms with Crippen LogP contribution in [0.25, 0.3) is 10.8 Å². The van der Waals surface area contributed by atoms with Crippen LogP contribution in [0, 0.1) is 0 Å². The number of carbonyl (C=O) groups is 2. The van der Waals surface area contributed by atoms with Crippen molar-refractivity contribution in [1.82, 2.24) is 4.90 Å². The van der Waals surface area contributed by atoms with E-state index in [9.17, 15) is 9.59 Å². The molecule has 0 fully saturated rings. The molecule has 0 saturated carbocycles. The zero-order valence-electron chi connectivity index (χ0n) is 17.5. The van der Waals surface area contributed by atoms with E-state index >= 15 is 0 Å². The molecule has 6 rings (SSSR count). The van der Waals surface area contributed by atoms with Gasteiger partial charge in [0.2, 0.25) is 5.91 Å². The maximum Gasteiger partial charge on any atom is 0.290 e. The largest absolute Gasteiger partial charge is 0.459 e. The molecular formula is C27H22N2O3. The predicted octanol–water partition coefficient (Wildman–Crippen LogP) is 4.74. The Labute approximate surface area is 185 Å². The van der Waals surface area contributed by atoms with E-state index in [0.717, 1.165) is 35.0 Å². The Morgan fingerprint density at radius 3 is 2.44 bits per heavy atom. The number of amides is 2. The maximum absolute atomic E-state index is 13.6. The van der Waals surface area contributed by atoms with Crippen LogP contribution in [0.4, 0.5) is 5.69 Å². The molecule has 1 N–H and O–H groups in total. The molecule has 5 heteroatoms. The second-order valence-corrected chi connectivity index (χ2v) is 8.50. The van der Waals surface area contributed by atoms with Gasteiger partial charge in [0.1, 0.15) is 6.04 Å². The highest BCUT2D eigenvalue weighted by atomic mass is 16.3. The van der Waals surface area contributed by atoms with Gasteiger partial charge >= 0.3 is 0 Å². The fourth-order valence-corrected chi connectivity index (χ4v) is 5.08. The predicted molar refractivity (Wildman–Crippen MR) is 123 cm³/mol. The van der Waals surface area contributed by atoms with Crippen LogP contribution in [0.5, 0.6) is 0 Å². The minimum Gasteiger partial charge on any atom is -0.459 e. The van der Waals surface area contributed by atoms with Gasteiger partial charge in [0.15, 0.2) is 5.76 Å². The van der Waals surface area contributed by atoms with Crippen LogP contribution in [0.15, 0.2) is 77.4 Å². The molecule has 2 heterocycles. The van der Waals surface area contributed by atoms with E-state index in [1.165, 1.54) is 22.8 Å². The van der Waals surface area contributed by atoms with Crippen molar-refractivity contribution in [2.24, 2.45) is 0 Å². The number of nitrogens with one attached hydrogen (secondary N) is 1. The highest BCUT2D eigenvalue weighted by molar-refractivity contribution is 6.07. The van der Waals surface area contributed by atoms with Gasteiger partial charge in [-0.25, -0.2) is 0 Å². The van der Waals surface area contributed by atoms with E-state index in [0.29, 0.717) is 13.0 Å². The fourth-order valence-electron chi connectivity index (χ4n) is 5.08. The van der Waals surface area contributed by atoms with Crippen molar-refractivity contribution in [2.75, 3.05) is 5.32 Å². The van der Waals surface area contributed by atoms with Crippen LogP contribution >= 0.6 is 0 Å². The highest BCUT2D eigenvalue weighted by Crippen LogP contribution is 2.35. The van der Waals surface area contributed by atoms with Crippen molar-refractivity contribution < 1.29 is 14.0 Å². The molecule has 0 saturated heterocycles. The van der Waals surface area contributed by atoms with E-state index in [2.05, 4.69) is 23.5 Å². The molecule has 1 atom stereocenters. The Kier molecular flexibility index (Phi) is 4.35. The normalized spacial score (nSPS) is 16.8. The first-order chi connectivity index (χ1) is 15.7. The van der Waals surface area contributed by atoms with Crippen LogP contribution < -0.4 is 5.32 Å². The van der Waals surface area contributed by atoms with Crippen molar-refractivity contribution in [1.29, 1.82) is 0 Å². The van der Waals surface area contributed by atoms with Gasteiger partial charge in [0, 0.05) is 24.0 Å². The van der Waals surface area contributed by atoms with E-state index in [4.69, 9.17) is 4.42 Å². The number of aryl methyl sites for hydroxylation is 2. The van der Waals surface area contributed by atoms with Crippen LogP contribution in [-0.4, -0.2) is 22.8 Å². The topological polar surface area (TPSA) is 62.6 Å². The Morgan fingerprint density at radius 2 is 1.62 bits per heavy atom. The third kappa shape index (κ3) is 3.01. The van der Waals surface area contributed by atoms with Crippen molar-refractivity contribution in [2.45, 2.75) is 31.8 Å². The lowest BCUT2D eigenvalue weighted by atomic mass is 9.93. The maximum atomic E-state index is 13.6. The van der Waals surface area contributed by atoms with Gasteiger partial charge in [0.05, 0.1) is 6.26 Å². The number of anilines is 1. The second-order valence-electron chi connectivity index (χ2n) is 8.50. The first-order valence-electron chi connectivity index (χ1n) is 10.9. The molecule has 2 aliphatic rings. The molecule has 1 aliphatic heterocycles. The molecule has 1 aliphatic carbocycles. The quantitative estimate of drug-likeness (QED) is 0.519. The van der Waals surface area contributed by atoms with Crippen LogP contribution in [0.1, 0.15) is 32.8 Å². The lowest BCUT2D eigenvalue weighted by molar-refractivity contribution is -0.121. The fraction of sp³-hybridized carbons (Fsp3) is 0.185. The van der Waals surface area contributed by atoms with E-state index in [1.807, 2.05) is 36.4 Å². The van der Waals surface area contributed by atoms with Crippen molar-refractivity contribution in [3.63, 3.8) is 0 Å². The average molecular weight is 422 g/mol. The lowest BCUT2D eigenvalue weighted by Crippen LogP contribution is -2.50. The minimum atomic E-state index is -0.620. The lowest BCUT2D eigenvalue weighted by Gasteiger charge is -2.35. The summed E-state index contributed by atoms with van der Waals surface area (Å²) in [4.78, 5) is 28.4. The third-order valence-corrected chi connectivity index (χ3v) is 6.68. The van der Waals surface area contributed by atoms with Gasteiger partial charge in [-0.3, -0.25) is 9.59 Å². The number of benzene rings is 3. The van der Waals surface area contributed by atoms with Crippen LogP contribution in [-0.2, 0) is 30.6 Å². The Bertz CT molecular complexity index is 1350. The number of fused-ring (bicyclic) bond motifs is 1. The van der Waals surface area contributed by atoms with E-state index < -0.39 is 6.04 Å². The molecule has 2 amide bonds. The zero-order valence-corrected chi connectivity index (χ0v) is 17.5. The van der Waals surface area contributed by atoms with Gasteiger partial charge < -0.3 is 14.6 Å². The number of hydrogen-bond donors (Lipinski definition) is 1. The molecule has 1 aromatic heterocycles. The molecule has 4 aromatic rings. The molecule has 5 nitrogen and oxygen atoms in total. The van der Waals surface area contributed by atoms with Gasteiger partial charge in [-0.2, -0.15) is 0 Å². The Balaban J connectivity index is 1.36. The van der Waals surface area contributed by atoms with Gasteiger partial charge in [-0.1, -0.05) is 48.5 Å². The Morgan fingerprint density at radius 1 is 0.844 bits per heavy atom. The number of nitrogens with zero attached hydrogens (tertiary/aromatic N) is 1. The summed E-state index contributed by atoms with van der Waals surface area (Å²) in [7, 11) is 0. The van der Waals surface area contributed by atoms with Crippen molar-refractivity contribution in [3.8, 4) is 0 Å². The molecule has 1 unspecified atom stereocenters. The summed E-state index contributed by atoms with van der Waals surface area (Å²) in [6.45, 7) is 0.373. The average Bonchev–Trinajstić information content (AvgIpc) is 3.51. The summed E-state index contributed by atoms with van der Waals surface area (Å²) in [5.41, 5.74) is 5.60. The van der Waals surface area contributed by atoms with Gasteiger partial charge in [-0.05, 0) is 58.7 Å². The summed E-state index contributed by atoms with van der Waals surface area (Å²) >= 11 is 0. The zero-order chi connectivity index (χ0) is 21.7. The first kappa shape index (κ1) is 18.9. The van der Waals surface area contributed by atoms with Crippen LogP contribution in [0.3, 0.4) is 0 Å². The summed E-state index contributed by atoms with van der Waals surface area (Å²) in [5.74, 6) is -0.212. The highest BCUT2D eigenvalue weighted by Gasteiger charge is 2.36. The van der Waals surface area contributed by atoms with E-state index in [-0.39, 0.29) is 17.6 Å². The second kappa shape index (κ2) is 7.38. The summed E-state index contributed by atoms with van der Waals surface area (Å²) in [5, 5.41) is 5.45. The smallest absolute Gasteiger partial charge is 0.290 e. The first-order valence-corrected chi connectivity index (χ1v) is 10.9. The third-order valence-electron chi connectivity index (χ3n) is 6.68. The van der Waals surface area contributed by atoms with Crippen LogP contribution in [0.2, 0.25) is 0 Å². The number of furan rings is 1. The van der Waals surface area contributed by atoms with Gasteiger partial charge in [0.25, 0.3) is 5.91 Å². The summed E-state index contributed by atoms with van der Waals surface area (Å²) < 4.78 is 5.35. The molecular weight excluding hydrogens is 400 g/mol. The number of carbonyl (C=O) groups excluding carboxylic acids is 2. The molecule has 0 spiro atoms. The molecule has 32 heavy (non-hydrogen) atoms. The Hall–Kier alpha value is -3.86. The molecule has 0 bridgehead atoms. The number of hydrogen-bond acceptors (Lipinski definition) is 3. The summed E-state index contributed by atoms with van der Waals surface area (Å²) in [6.07, 6.45) is 4.02. The summed E-state index contributed by atoms with van der Waals surface area (Å²) in [6, 6.07) is 21.0. The molecule has 158 valence electrons. The standard InChI is InChI=1S/C27H22N2O3/c30-26(28-22-13-12-18-11-10-17-7-3-8-21(22)25(17)18)23-15-19-5-1-2-6-20(19)16-29(23)27(31)24-9-4-14-32-24/h1-9,12-14,23H,10-11,15-16H2,(H,28,30). The minimum absolute atomic E-state index is 0.182. The van der Waals surface area contributed by atoms with Crippen molar-refractivity contribution >= 4 is 28.3 Å².